The molecule has 4 aliphatic rings. The average molecular weight is 713 g/mol. The quantitative estimate of drug-likeness (QED) is 0.115. The first-order valence-electron chi connectivity index (χ1n) is 19.1. The summed E-state index contributed by atoms with van der Waals surface area (Å²) < 4.78 is 0. The Labute approximate surface area is 302 Å². The van der Waals surface area contributed by atoms with Crippen LogP contribution in [0.2, 0.25) is 0 Å². The molecule has 2 heterocycles. The van der Waals surface area contributed by atoms with Crippen molar-refractivity contribution in [2.45, 2.75) is 136 Å². The molecule has 4 rings (SSSR count). The molecule has 7 amide bonds. The minimum Gasteiger partial charge on any atom is -0.346 e. The van der Waals surface area contributed by atoms with Gasteiger partial charge < -0.3 is 26.2 Å². The Kier molecular flexibility index (Phi) is 13.8. The number of amides is 7. The van der Waals surface area contributed by atoms with Crippen LogP contribution >= 0.6 is 0 Å². The van der Waals surface area contributed by atoms with Crippen LogP contribution in [0.25, 0.3) is 0 Å². The van der Waals surface area contributed by atoms with Gasteiger partial charge >= 0.3 is 6.03 Å². The van der Waals surface area contributed by atoms with Crippen molar-refractivity contribution in [3.8, 4) is 0 Å². The molecule has 13 nitrogen and oxygen atoms in total. The lowest BCUT2D eigenvalue weighted by Crippen LogP contribution is -2.62. The van der Waals surface area contributed by atoms with Crippen LogP contribution in [-0.2, 0) is 28.8 Å². The van der Waals surface area contributed by atoms with Crippen LogP contribution in [0.4, 0.5) is 4.79 Å². The largest absolute Gasteiger partial charge is 0.346 e. The number of imide groups is 1. The number of urea groups is 1. The van der Waals surface area contributed by atoms with E-state index in [1.807, 2.05) is 34.6 Å². The molecule has 5 atom stereocenters. The van der Waals surface area contributed by atoms with Crippen molar-refractivity contribution in [2.75, 3.05) is 19.6 Å². The van der Waals surface area contributed by atoms with Gasteiger partial charge in [0.15, 0.2) is 0 Å². The van der Waals surface area contributed by atoms with Crippen molar-refractivity contribution in [1.82, 2.24) is 31.1 Å². The van der Waals surface area contributed by atoms with Gasteiger partial charge in [-0.2, -0.15) is 0 Å². The fourth-order valence-electron chi connectivity index (χ4n) is 7.77. The third kappa shape index (κ3) is 10.6. The van der Waals surface area contributed by atoms with Crippen LogP contribution in [0, 0.1) is 29.1 Å². The molecule has 2 saturated heterocycles. The van der Waals surface area contributed by atoms with E-state index >= 15 is 0 Å². The van der Waals surface area contributed by atoms with Gasteiger partial charge in [-0.05, 0) is 61.2 Å². The van der Waals surface area contributed by atoms with Crippen LogP contribution in [-0.4, -0.2) is 95.0 Å². The normalized spacial score (nSPS) is 23.3. The van der Waals surface area contributed by atoms with Gasteiger partial charge in [0.25, 0.3) is 5.91 Å². The van der Waals surface area contributed by atoms with Gasteiger partial charge in [-0.3, -0.25) is 33.7 Å². The van der Waals surface area contributed by atoms with E-state index in [2.05, 4.69) is 27.8 Å². The van der Waals surface area contributed by atoms with E-state index in [1.165, 1.54) is 11.0 Å². The summed E-state index contributed by atoms with van der Waals surface area (Å²) in [5, 5.41) is 11.4. The molecule has 0 spiro atoms. The maximum Gasteiger partial charge on any atom is 0.315 e. The standard InChI is InChI=1S/C38H60N6O7/c1-7-19-39-35(49)33(47)27(21-24-16-17-24)40-34(48)32-26(23(2)3)18-20-43(32)36(50)31(25-12-9-8-10-13-25)42-37(51)41-28(38(4,5)6)22-44-29(45)14-11-15-30(44)46/h7,23-28,31-32H,1,8-22H2,2-6H3,(H,39,49)(H,40,48)(H2,41,42,51)/t26-,27?,28-,31+,32+/m1/s1. The number of ketones is 1. The fraction of sp³-hybridized carbons (Fsp3) is 0.763. The third-order valence-electron chi connectivity index (χ3n) is 11.2. The van der Waals surface area contributed by atoms with E-state index < -0.39 is 53.2 Å². The zero-order valence-corrected chi connectivity index (χ0v) is 31.3. The highest BCUT2D eigenvalue weighted by atomic mass is 16.2. The number of rotatable bonds is 15. The Hall–Kier alpha value is -3.77. The molecule has 0 aromatic rings. The van der Waals surface area contributed by atoms with Gasteiger partial charge in [0.2, 0.25) is 29.4 Å². The highest BCUT2D eigenvalue weighted by Gasteiger charge is 2.48. The zero-order chi connectivity index (χ0) is 37.5. The maximum absolute atomic E-state index is 14.6. The van der Waals surface area contributed by atoms with E-state index in [9.17, 15) is 33.6 Å². The summed E-state index contributed by atoms with van der Waals surface area (Å²) >= 11 is 0. The first-order chi connectivity index (χ1) is 24.1. The van der Waals surface area contributed by atoms with E-state index in [1.54, 1.807) is 4.90 Å². The summed E-state index contributed by atoms with van der Waals surface area (Å²) in [5.41, 5.74) is -0.515. The Bertz CT molecular complexity index is 1320. The van der Waals surface area contributed by atoms with Gasteiger partial charge in [-0.15, -0.1) is 6.58 Å². The van der Waals surface area contributed by atoms with Gasteiger partial charge in [0, 0.05) is 32.5 Å². The molecule has 2 aliphatic heterocycles. The number of piperidine rings is 1. The van der Waals surface area contributed by atoms with Crippen molar-refractivity contribution < 1.29 is 33.6 Å². The number of hydrogen-bond acceptors (Lipinski definition) is 7. The number of nitrogens with one attached hydrogen (secondary N) is 4. The van der Waals surface area contributed by atoms with Crippen molar-refractivity contribution >= 4 is 41.4 Å². The van der Waals surface area contributed by atoms with Crippen molar-refractivity contribution in [3.63, 3.8) is 0 Å². The number of Topliss-reactive ketones (excluding diaryl/α,β-unsaturated/α-hetero) is 1. The van der Waals surface area contributed by atoms with Gasteiger partial charge in [-0.1, -0.05) is 72.8 Å². The highest BCUT2D eigenvalue weighted by Crippen LogP contribution is 2.36. The van der Waals surface area contributed by atoms with Gasteiger partial charge in [0.05, 0.1) is 12.1 Å². The molecule has 4 fully saturated rings. The van der Waals surface area contributed by atoms with Crippen LogP contribution in [0.1, 0.15) is 112 Å². The van der Waals surface area contributed by atoms with Crippen molar-refractivity contribution in [3.05, 3.63) is 12.7 Å². The lowest BCUT2D eigenvalue weighted by molar-refractivity contribution is -0.148. The molecule has 1 unspecified atom stereocenters. The first kappa shape index (κ1) is 40.0. The Morgan fingerprint density at radius 1 is 0.882 bits per heavy atom. The number of carbonyl (C=O) groups is 7. The van der Waals surface area contributed by atoms with Crippen LogP contribution in [0.3, 0.4) is 0 Å². The summed E-state index contributed by atoms with van der Waals surface area (Å²) in [5.74, 6) is -2.86. The first-order valence-corrected chi connectivity index (χ1v) is 19.1. The molecular weight excluding hydrogens is 652 g/mol. The average Bonchev–Trinajstić information content (AvgIpc) is 3.79. The molecule has 2 aliphatic carbocycles. The third-order valence-corrected chi connectivity index (χ3v) is 11.2. The number of nitrogens with zero attached hydrogens (tertiary/aromatic N) is 2. The molecule has 0 aromatic heterocycles. The van der Waals surface area contributed by atoms with E-state index in [4.69, 9.17) is 0 Å². The Balaban J connectivity index is 1.55. The fourth-order valence-corrected chi connectivity index (χ4v) is 7.77. The molecule has 0 radical (unpaired) electrons. The van der Waals surface area contributed by atoms with Crippen LogP contribution in [0.5, 0.6) is 0 Å². The lowest BCUT2D eigenvalue weighted by Gasteiger charge is -2.38. The molecule has 13 heteroatoms. The van der Waals surface area contributed by atoms with Crippen LogP contribution < -0.4 is 21.3 Å². The zero-order valence-electron chi connectivity index (χ0n) is 31.3. The molecule has 2 saturated carbocycles. The summed E-state index contributed by atoms with van der Waals surface area (Å²) in [6.45, 7) is 13.8. The van der Waals surface area contributed by atoms with Gasteiger partial charge in [-0.25, -0.2) is 4.79 Å². The van der Waals surface area contributed by atoms with Gasteiger partial charge in [0.1, 0.15) is 12.1 Å². The summed E-state index contributed by atoms with van der Waals surface area (Å²) in [4.78, 5) is 96.5. The van der Waals surface area contributed by atoms with Crippen LogP contribution in [0.15, 0.2) is 12.7 Å². The lowest BCUT2D eigenvalue weighted by atomic mass is 9.82. The molecular formula is C38H60N6O7. The van der Waals surface area contributed by atoms with E-state index in [-0.39, 0.29) is 67.3 Å². The molecule has 51 heavy (non-hydrogen) atoms. The minimum absolute atomic E-state index is 0.0351. The minimum atomic E-state index is -1.01. The van der Waals surface area contributed by atoms with Crippen molar-refractivity contribution in [2.24, 2.45) is 29.1 Å². The summed E-state index contributed by atoms with van der Waals surface area (Å²) in [6.07, 6.45) is 9.70. The SMILES string of the molecule is C=CCNC(=O)C(=O)C(CC1CC1)NC(=O)[C@@H]1[C@@H](C(C)C)CCN1C(=O)[C@@H](NC(=O)N[C@H](CN1C(=O)CCCC1=O)C(C)(C)C)C1CCCCC1. The summed E-state index contributed by atoms with van der Waals surface area (Å²) in [6, 6.07) is -3.94. The number of carbonyl (C=O) groups excluding carboxylic acids is 7. The smallest absolute Gasteiger partial charge is 0.315 e. The highest BCUT2D eigenvalue weighted by molar-refractivity contribution is 6.38. The second-order valence-corrected chi connectivity index (χ2v) is 16.4. The predicted octanol–water partition coefficient (Wildman–Crippen LogP) is 3.22. The predicted molar refractivity (Wildman–Crippen MR) is 192 cm³/mol. The molecule has 284 valence electrons. The number of hydrogen-bond donors (Lipinski definition) is 4. The Morgan fingerprint density at radius 2 is 1.53 bits per heavy atom. The topological polar surface area (TPSA) is 174 Å². The number of likely N-dealkylation sites (tertiary alicyclic amines) is 2. The molecule has 4 N–H and O–H groups in total. The van der Waals surface area contributed by atoms with E-state index in [0.29, 0.717) is 25.8 Å². The second-order valence-electron chi connectivity index (χ2n) is 16.4. The maximum atomic E-state index is 14.6. The Morgan fingerprint density at radius 3 is 2.10 bits per heavy atom. The van der Waals surface area contributed by atoms with E-state index in [0.717, 1.165) is 44.9 Å². The molecule has 0 bridgehead atoms. The summed E-state index contributed by atoms with van der Waals surface area (Å²) in [7, 11) is 0. The second kappa shape index (κ2) is 17.6. The monoisotopic (exact) mass is 712 g/mol. The van der Waals surface area contributed by atoms with Crippen molar-refractivity contribution in [1.29, 1.82) is 0 Å². The molecule has 0 aromatic carbocycles.